The van der Waals surface area contributed by atoms with E-state index >= 15 is 0 Å². The Bertz CT molecular complexity index is 587. The van der Waals surface area contributed by atoms with Gasteiger partial charge >= 0.3 is 5.69 Å². The summed E-state index contributed by atoms with van der Waals surface area (Å²) in [6, 6.07) is 2.45. The second-order valence-corrected chi connectivity index (χ2v) is 2.85. The Morgan fingerprint density at radius 2 is 1.76 bits per heavy atom. The molecule has 0 N–H and O–H groups in total. The molecule has 17 heavy (non-hydrogen) atoms. The van der Waals surface area contributed by atoms with E-state index in [4.69, 9.17) is 10.5 Å². The van der Waals surface area contributed by atoms with Gasteiger partial charge in [-0.3, -0.25) is 10.1 Å². The molecule has 86 valence electrons. The van der Waals surface area contributed by atoms with Gasteiger partial charge in [0.25, 0.3) is 0 Å². The smallest absolute Gasteiger partial charge is 0.258 e. The molecule has 0 saturated heterocycles. The SMILES string of the molecule is N#CCc1c(F)c(F)c([N+](=O)[O-])c(C#N)c1F. The third-order valence-corrected chi connectivity index (χ3v) is 1.94. The predicted octanol–water partition coefficient (Wildman–Crippen LogP) is 1.95. The lowest BCUT2D eigenvalue weighted by Gasteiger charge is -2.04. The number of hydrogen-bond acceptors (Lipinski definition) is 4. The van der Waals surface area contributed by atoms with Gasteiger partial charge < -0.3 is 0 Å². The van der Waals surface area contributed by atoms with Gasteiger partial charge in [-0.1, -0.05) is 0 Å². The van der Waals surface area contributed by atoms with Crippen LogP contribution >= 0.6 is 0 Å². The van der Waals surface area contributed by atoms with Crippen molar-refractivity contribution >= 4 is 5.69 Å². The number of nitrogens with zero attached hydrogens (tertiary/aromatic N) is 3. The van der Waals surface area contributed by atoms with E-state index in [1.54, 1.807) is 0 Å². The number of nitriles is 2. The van der Waals surface area contributed by atoms with E-state index in [1.807, 2.05) is 0 Å². The Hall–Kier alpha value is -2.61. The molecule has 0 bridgehead atoms. The maximum absolute atomic E-state index is 13.4. The van der Waals surface area contributed by atoms with E-state index in [-0.39, 0.29) is 0 Å². The molecular weight excluding hydrogens is 239 g/mol. The maximum Gasteiger partial charge on any atom is 0.328 e. The van der Waals surface area contributed by atoms with Crippen molar-refractivity contribution in [3.8, 4) is 12.1 Å². The number of halogens is 3. The monoisotopic (exact) mass is 241 g/mol. The van der Waals surface area contributed by atoms with Gasteiger partial charge in [0.1, 0.15) is 6.07 Å². The lowest BCUT2D eigenvalue weighted by atomic mass is 10.0. The van der Waals surface area contributed by atoms with Crippen molar-refractivity contribution in [2.45, 2.75) is 6.42 Å². The molecule has 0 spiro atoms. The third-order valence-electron chi connectivity index (χ3n) is 1.94. The molecular formula is C9H2F3N3O2. The number of rotatable bonds is 2. The minimum atomic E-state index is -1.95. The molecule has 1 aromatic rings. The first-order chi connectivity index (χ1) is 7.95. The van der Waals surface area contributed by atoms with E-state index in [2.05, 4.69) is 0 Å². The third kappa shape index (κ3) is 1.88. The molecule has 0 fully saturated rings. The molecule has 0 atom stereocenters. The highest BCUT2D eigenvalue weighted by Crippen LogP contribution is 2.30. The van der Waals surface area contributed by atoms with E-state index in [0.717, 1.165) is 6.07 Å². The minimum Gasteiger partial charge on any atom is -0.258 e. The molecule has 0 saturated carbocycles. The largest absolute Gasteiger partial charge is 0.328 e. The Morgan fingerprint density at radius 1 is 1.18 bits per heavy atom. The fraction of sp³-hybridized carbons (Fsp3) is 0.111. The zero-order chi connectivity index (χ0) is 13.2. The molecule has 0 aliphatic heterocycles. The van der Waals surface area contributed by atoms with Crippen molar-refractivity contribution in [1.29, 1.82) is 10.5 Å². The summed E-state index contributed by atoms with van der Waals surface area (Å²) in [6.45, 7) is 0. The quantitative estimate of drug-likeness (QED) is 0.449. The topological polar surface area (TPSA) is 90.7 Å². The molecule has 0 unspecified atom stereocenters. The highest BCUT2D eigenvalue weighted by atomic mass is 19.2. The highest BCUT2D eigenvalue weighted by molar-refractivity contribution is 5.53. The molecule has 5 nitrogen and oxygen atoms in total. The van der Waals surface area contributed by atoms with Crippen LogP contribution in [0.4, 0.5) is 18.9 Å². The van der Waals surface area contributed by atoms with E-state index in [1.165, 1.54) is 6.07 Å². The highest BCUT2D eigenvalue weighted by Gasteiger charge is 2.32. The van der Waals surface area contributed by atoms with Gasteiger partial charge in [-0.2, -0.15) is 14.9 Å². The van der Waals surface area contributed by atoms with Gasteiger partial charge in [-0.15, -0.1) is 0 Å². The fourth-order valence-electron chi connectivity index (χ4n) is 1.21. The Morgan fingerprint density at radius 3 is 2.18 bits per heavy atom. The van der Waals surface area contributed by atoms with E-state index in [0.29, 0.717) is 0 Å². The van der Waals surface area contributed by atoms with Gasteiger partial charge in [0, 0.05) is 5.56 Å². The van der Waals surface area contributed by atoms with Gasteiger partial charge in [0.15, 0.2) is 17.2 Å². The van der Waals surface area contributed by atoms with Crippen LogP contribution in [0.3, 0.4) is 0 Å². The van der Waals surface area contributed by atoms with Gasteiger partial charge in [0.2, 0.25) is 5.82 Å². The first-order valence-electron chi connectivity index (χ1n) is 4.06. The zero-order valence-corrected chi connectivity index (χ0v) is 8.00. The summed E-state index contributed by atoms with van der Waals surface area (Å²) < 4.78 is 39.9. The normalized spacial score (nSPS) is 9.47. The summed E-state index contributed by atoms with van der Waals surface area (Å²) in [5, 5.41) is 27.2. The van der Waals surface area contributed by atoms with Crippen LogP contribution in [-0.2, 0) is 6.42 Å². The van der Waals surface area contributed by atoms with Crippen molar-refractivity contribution in [3.63, 3.8) is 0 Å². The average Bonchev–Trinajstić information content (AvgIpc) is 2.28. The molecule has 0 aliphatic carbocycles. The lowest BCUT2D eigenvalue weighted by molar-refractivity contribution is -0.388. The second kappa shape index (κ2) is 4.49. The summed E-state index contributed by atoms with van der Waals surface area (Å²) in [4.78, 5) is 9.00. The Labute approximate surface area is 92.5 Å². The number of benzene rings is 1. The molecule has 0 aromatic heterocycles. The van der Waals surface area contributed by atoms with Crippen LogP contribution in [0.15, 0.2) is 0 Å². The summed E-state index contributed by atoms with van der Waals surface area (Å²) in [6.07, 6.45) is -0.832. The Balaban J connectivity index is 3.77. The van der Waals surface area contributed by atoms with Crippen molar-refractivity contribution < 1.29 is 18.1 Å². The van der Waals surface area contributed by atoms with E-state index in [9.17, 15) is 23.3 Å². The molecule has 0 amide bonds. The van der Waals surface area contributed by atoms with Gasteiger partial charge in [-0.05, 0) is 0 Å². The van der Waals surface area contributed by atoms with Gasteiger partial charge in [-0.25, -0.2) is 8.78 Å². The Kier molecular flexibility index (Phi) is 3.29. The summed E-state index contributed by atoms with van der Waals surface area (Å²) in [5.74, 6) is -5.35. The standard InChI is InChI=1S/C9H2F3N3O2/c10-6-4(1-2-13)7(11)8(12)9(15(16)17)5(6)3-14/h1H2. The van der Waals surface area contributed by atoms with Gasteiger partial charge in [0.05, 0.1) is 17.4 Å². The number of hydrogen-bond donors (Lipinski definition) is 0. The van der Waals surface area contributed by atoms with Crippen LogP contribution in [-0.4, -0.2) is 4.92 Å². The van der Waals surface area contributed by atoms with Crippen LogP contribution in [0.25, 0.3) is 0 Å². The molecule has 0 heterocycles. The molecule has 1 aromatic carbocycles. The zero-order valence-electron chi connectivity index (χ0n) is 8.00. The van der Waals surface area contributed by atoms with Crippen molar-refractivity contribution in [2.24, 2.45) is 0 Å². The van der Waals surface area contributed by atoms with E-state index < -0.39 is 45.6 Å². The lowest BCUT2D eigenvalue weighted by Crippen LogP contribution is -2.07. The second-order valence-electron chi connectivity index (χ2n) is 2.85. The molecule has 0 aliphatic rings. The van der Waals surface area contributed by atoms with Crippen LogP contribution in [0.1, 0.15) is 11.1 Å². The average molecular weight is 241 g/mol. The summed E-state index contributed by atoms with van der Waals surface area (Å²) in [7, 11) is 0. The predicted molar refractivity (Wildman–Crippen MR) is 47.0 cm³/mol. The first-order valence-corrected chi connectivity index (χ1v) is 4.06. The summed E-state index contributed by atoms with van der Waals surface area (Å²) in [5.41, 5.74) is -3.78. The van der Waals surface area contributed by atoms with Crippen molar-refractivity contribution in [2.75, 3.05) is 0 Å². The van der Waals surface area contributed by atoms with Crippen molar-refractivity contribution in [1.82, 2.24) is 0 Å². The fourth-order valence-corrected chi connectivity index (χ4v) is 1.21. The number of nitro groups is 1. The number of nitro benzene ring substituents is 1. The summed E-state index contributed by atoms with van der Waals surface area (Å²) >= 11 is 0. The minimum absolute atomic E-state index is 0.832. The van der Waals surface area contributed by atoms with Crippen LogP contribution < -0.4 is 0 Å². The van der Waals surface area contributed by atoms with Crippen LogP contribution in [0.5, 0.6) is 0 Å². The molecule has 1 rings (SSSR count). The molecule has 0 radical (unpaired) electrons. The van der Waals surface area contributed by atoms with Crippen LogP contribution in [0, 0.1) is 50.2 Å². The maximum atomic E-state index is 13.4. The van der Waals surface area contributed by atoms with Crippen LogP contribution in [0.2, 0.25) is 0 Å². The molecule has 8 heteroatoms. The van der Waals surface area contributed by atoms with Crippen molar-refractivity contribution in [3.05, 3.63) is 38.7 Å². The first kappa shape index (κ1) is 12.5.